The second-order valence-electron chi connectivity index (χ2n) is 8.23. The highest BCUT2D eigenvalue weighted by Crippen LogP contribution is 2.29. The first-order valence-electron chi connectivity index (χ1n) is 8.98. The third-order valence-corrected chi connectivity index (χ3v) is 4.71. The summed E-state index contributed by atoms with van der Waals surface area (Å²) in [5, 5.41) is 18.5. The van der Waals surface area contributed by atoms with Crippen molar-refractivity contribution in [3.63, 3.8) is 0 Å². The molecule has 0 bridgehead atoms. The van der Waals surface area contributed by atoms with Crippen LogP contribution in [-0.2, 0) is 4.79 Å². The highest BCUT2D eigenvalue weighted by molar-refractivity contribution is 5.78. The van der Waals surface area contributed by atoms with Crippen molar-refractivity contribution in [2.45, 2.75) is 105 Å². The summed E-state index contributed by atoms with van der Waals surface area (Å²) >= 11 is 0. The predicted octanol–water partition coefficient (Wildman–Crippen LogP) is 4.84. The molecule has 0 aliphatic rings. The fraction of sp³-hybridized carbons (Fsp3) is 0.947. The molecule has 132 valence electrons. The summed E-state index contributed by atoms with van der Waals surface area (Å²) in [7, 11) is 0. The van der Waals surface area contributed by atoms with Crippen molar-refractivity contribution >= 4 is 5.78 Å². The van der Waals surface area contributed by atoms with Gasteiger partial charge in [0, 0.05) is 18.3 Å². The van der Waals surface area contributed by atoms with Crippen molar-refractivity contribution in [1.82, 2.24) is 0 Å². The van der Waals surface area contributed by atoms with Crippen LogP contribution in [-0.4, -0.2) is 22.3 Å². The molecule has 0 saturated carbocycles. The van der Waals surface area contributed by atoms with Gasteiger partial charge in [-0.25, -0.2) is 0 Å². The van der Waals surface area contributed by atoms with Crippen molar-refractivity contribution < 1.29 is 15.0 Å². The van der Waals surface area contributed by atoms with Gasteiger partial charge >= 0.3 is 0 Å². The fourth-order valence-corrected chi connectivity index (χ4v) is 2.90. The number of aliphatic hydroxyl groups excluding tert-OH is 1. The topological polar surface area (TPSA) is 57.5 Å². The molecular formula is C19H38O3. The minimum atomic E-state index is -1.26. The second-order valence-corrected chi connectivity index (χ2v) is 8.23. The van der Waals surface area contributed by atoms with Gasteiger partial charge in [-0.15, -0.1) is 0 Å². The van der Waals surface area contributed by atoms with Gasteiger partial charge in [0.15, 0.2) is 6.29 Å². The maximum Gasteiger partial charge on any atom is 0.156 e. The molecule has 0 radical (unpaired) electrons. The van der Waals surface area contributed by atoms with Gasteiger partial charge in [-0.3, -0.25) is 4.79 Å². The van der Waals surface area contributed by atoms with Gasteiger partial charge in [0.25, 0.3) is 0 Å². The second kappa shape index (κ2) is 10.4. The molecule has 0 heterocycles. The number of ketones is 1. The number of carbonyl (C=O) groups is 1. The molecule has 0 aliphatic heterocycles. The molecule has 0 atom stereocenters. The molecule has 22 heavy (non-hydrogen) atoms. The fourth-order valence-electron chi connectivity index (χ4n) is 2.90. The summed E-state index contributed by atoms with van der Waals surface area (Å²) in [5.74, 6) is 0.383. The average Bonchev–Trinajstić information content (AvgIpc) is 2.37. The Morgan fingerprint density at radius 3 is 2.00 bits per heavy atom. The van der Waals surface area contributed by atoms with Crippen LogP contribution in [0.25, 0.3) is 0 Å². The lowest BCUT2D eigenvalue weighted by Gasteiger charge is -2.26. The number of rotatable bonds is 13. The first kappa shape index (κ1) is 21.6. The van der Waals surface area contributed by atoms with Crippen molar-refractivity contribution in [2.24, 2.45) is 10.8 Å². The van der Waals surface area contributed by atoms with E-state index in [1.165, 1.54) is 12.8 Å². The highest BCUT2D eigenvalue weighted by atomic mass is 16.5. The van der Waals surface area contributed by atoms with E-state index < -0.39 is 11.7 Å². The van der Waals surface area contributed by atoms with E-state index in [9.17, 15) is 15.0 Å². The van der Waals surface area contributed by atoms with E-state index in [2.05, 4.69) is 20.8 Å². The van der Waals surface area contributed by atoms with Crippen LogP contribution in [0, 0.1) is 10.8 Å². The Labute approximate surface area is 137 Å². The molecule has 0 aromatic rings. The summed E-state index contributed by atoms with van der Waals surface area (Å²) < 4.78 is 0. The summed E-state index contributed by atoms with van der Waals surface area (Å²) in [6, 6.07) is 0. The standard InChI is InChI=1S/C19H38O3/c1-6-13-18(2,3)14-10-12-16(20)11-8-7-9-15-19(4,5)17(21)22/h17,21-22H,6-15H2,1-5H3. The van der Waals surface area contributed by atoms with Gasteiger partial charge in [-0.1, -0.05) is 53.9 Å². The van der Waals surface area contributed by atoms with Crippen LogP contribution in [0.5, 0.6) is 0 Å². The lowest BCUT2D eigenvalue weighted by Crippen LogP contribution is -2.28. The van der Waals surface area contributed by atoms with Gasteiger partial charge in [0.1, 0.15) is 5.78 Å². The van der Waals surface area contributed by atoms with Crippen LogP contribution < -0.4 is 0 Å². The number of hydrogen-bond acceptors (Lipinski definition) is 3. The van der Waals surface area contributed by atoms with Crippen LogP contribution in [0.4, 0.5) is 0 Å². The van der Waals surface area contributed by atoms with Gasteiger partial charge < -0.3 is 10.2 Å². The molecule has 2 N–H and O–H groups in total. The molecule has 0 fully saturated rings. The molecule has 3 nitrogen and oxygen atoms in total. The van der Waals surface area contributed by atoms with Gasteiger partial charge in [-0.2, -0.15) is 0 Å². The Morgan fingerprint density at radius 1 is 0.864 bits per heavy atom. The van der Waals surface area contributed by atoms with Crippen LogP contribution in [0.15, 0.2) is 0 Å². The van der Waals surface area contributed by atoms with Crippen LogP contribution in [0.3, 0.4) is 0 Å². The Bertz CT molecular complexity index is 306. The van der Waals surface area contributed by atoms with Gasteiger partial charge in [-0.05, 0) is 37.5 Å². The van der Waals surface area contributed by atoms with Crippen molar-refractivity contribution in [3.8, 4) is 0 Å². The van der Waals surface area contributed by atoms with Crippen LogP contribution in [0.1, 0.15) is 98.8 Å². The average molecular weight is 315 g/mol. The number of hydrogen-bond donors (Lipinski definition) is 2. The minimum Gasteiger partial charge on any atom is -0.368 e. The number of aliphatic hydroxyl groups is 2. The molecule has 0 amide bonds. The molecule has 0 rings (SSSR count). The predicted molar refractivity (Wildman–Crippen MR) is 92.6 cm³/mol. The molecule has 0 unspecified atom stereocenters. The molecule has 0 spiro atoms. The zero-order chi connectivity index (χ0) is 17.2. The summed E-state index contributed by atoms with van der Waals surface area (Å²) in [6.45, 7) is 10.5. The van der Waals surface area contributed by atoms with Gasteiger partial charge in [0.2, 0.25) is 0 Å². The largest absolute Gasteiger partial charge is 0.368 e. The zero-order valence-corrected chi connectivity index (χ0v) is 15.5. The van der Waals surface area contributed by atoms with Crippen molar-refractivity contribution in [1.29, 1.82) is 0 Å². The molecule has 3 heteroatoms. The summed E-state index contributed by atoms with van der Waals surface area (Å²) in [5.41, 5.74) is -0.0827. The third kappa shape index (κ3) is 10.3. The maximum atomic E-state index is 11.9. The molecule has 0 aliphatic carbocycles. The molecule has 0 aromatic heterocycles. The SMILES string of the molecule is CCCC(C)(C)CCCC(=O)CCCCCC(C)(C)C(O)O. The molecular weight excluding hydrogens is 276 g/mol. The summed E-state index contributed by atoms with van der Waals surface area (Å²) in [4.78, 5) is 11.9. The third-order valence-electron chi connectivity index (χ3n) is 4.71. The van der Waals surface area contributed by atoms with E-state index >= 15 is 0 Å². The smallest absolute Gasteiger partial charge is 0.156 e. The van der Waals surface area contributed by atoms with E-state index in [0.29, 0.717) is 24.0 Å². The van der Waals surface area contributed by atoms with E-state index in [0.717, 1.165) is 38.5 Å². The number of carbonyl (C=O) groups excluding carboxylic acids is 1. The van der Waals surface area contributed by atoms with Crippen LogP contribution >= 0.6 is 0 Å². The Hall–Kier alpha value is -0.410. The first-order valence-corrected chi connectivity index (χ1v) is 8.98. The first-order chi connectivity index (χ1) is 10.1. The van der Waals surface area contributed by atoms with Gasteiger partial charge in [0.05, 0.1) is 0 Å². The molecule has 0 aromatic carbocycles. The zero-order valence-electron chi connectivity index (χ0n) is 15.5. The molecule has 0 saturated heterocycles. The maximum absolute atomic E-state index is 11.9. The normalized spacial score (nSPS) is 12.9. The highest BCUT2D eigenvalue weighted by Gasteiger charge is 2.25. The van der Waals surface area contributed by atoms with E-state index in [1.54, 1.807) is 0 Å². The number of Topliss-reactive ketones (excluding diaryl/α,β-unsaturated/α-hetero) is 1. The van der Waals surface area contributed by atoms with Crippen molar-refractivity contribution in [3.05, 3.63) is 0 Å². The number of unbranched alkanes of at least 4 members (excludes halogenated alkanes) is 2. The minimum absolute atomic E-state index is 0.367. The Balaban J connectivity index is 3.67. The van der Waals surface area contributed by atoms with E-state index in [-0.39, 0.29) is 0 Å². The lowest BCUT2D eigenvalue weighted by molar-refractivity contribution is -0.125. The summed E-state index contributed by atoms with van der Waals surface area (Å²) in [6.07, 6.45) is 8.35. The lowest BCUT2D eigenvalue weighted by atomic mass is 9.82. The van der Waals surface area contributed by atoms with E-state index in [4.69, 9.17) is 0 Å². The quantitative estimate of drug-likeness (QED) is 0.378. The Morgan fingerprint density at radius 2 is 1.45 bits per heavy atom. The van der Waals surface area contributed by atoms with Crippen LogP contribution in [0.2, 0.25) is 0 Å². The van der Waals surface area contributed by atoms with Crippen molar-refractivity contribution in [2.75, 3.05) is 0 Å². The Kier molecular flexibility index (Phi) is 10.2. The van der Waals surface area contributed by atoms with E-state index in [1.807, 2.05) is 13.8 Å². The monoisotopic (exact) mass is 314 g/mol.